The number of benzene rings is 1. The second kappa shape index (κ2) is 6.02. The van der Waals surface area contributed by atoms with Crippen molar-refractivity contribution in [3.8, 4) is 22.9 Å². The van der Waals surface area contributed by atoms with E-state index in [0.29, 0.717) is 5.95 Å². The molecule has 102 valence electrons. The molecule has 0 aliphatic carbocycles. The van der Waals surface area contributed by atoms with Crippen LogP contribution in [0.1, 0.15) is 11.1 Å². The zero-order valence-electron chi connectivity index (χ0n) is 11.8. The van der Waals surface area contributed by atoms with Crippen LogP contribution in [0.15, 0.2) is 24.5 Å². The van der Waals surface area contributed by atoms with Gasteiger partial charge in [0.15, 0.2) is 0 Å². The Bertz CT molecular complexity index is 621. The van der Waals surface area contributed by atoms with Gasteiger partial charge in [-0.05, 0) is 42.7 Å². The monoisotopic (exact) mass is 268 g/mol. The third-order valence-electron chi connectivity index (χ3n) is 2.98. The predicted octanol–water partition coefficient (Wildman–Crippen LogP) is 2.70. The number of anilines is 1. The largest absolute Gasteiger partial charge is 0.496 e. The van der Waals surface area contributed by atoms with Crippen molar-refractivity contribution in [1.82, 2.24) is 9.97 Å². The first-order chi connectivity index (χ1) is 9.65. The van der Waals surface area contributed by atoms with Crippen molar-refractivity contribution in [2.75, 3.05) is 19.0 Å². The molecule has 0 saturated heterocycles. The maximum absolute atomic E-state index is 8.49. The molecule has 1 aromatic carbocycles. The van der Waals surface area contributed by atoms with Crippen LogP contribution in [0.3, 0.4) is 0 Å². The van der Waals surface area contributed by atoms with Gasteiger partial charge in [0.05, 0.1) is 13.2 Å². The van der Waals surface area contributed by atoms with E-state index in [1.165, 1.54) is 0 Å². The molecule has 0 fully saturated rings. The van der Waals surface area contributed by atoms with Gasteiger partial charge in [-0.15, -0.1) is 0 Å². The highest BCUT2D eigenvalue weighted by molar-refractivity contribution is 5.66. The Morgan fingerprint density at radius 1 is 1.15 bits per heavy atom. The van der Waals surface area contributed by atoms with Gasteiger partial charge in [-0.3, -0.25) is 0 Å². The van der Waals surface area contributed by atoms with Gasteiger partial charge in [0.2, 0.25) is 5.95 Å². The number of methoxy groups -OCH3 is 1. The standard InChI is InChI=1S/C15H16N4O/c1-10-6-12(7-11(2)14(10)20-3)13-8-18-15(19-9-13)17-5-4-16/h6-9H,5H2,1-3H3,(H,17,18,19). The zero-order chi connectivity index (χ0) is 14.5. The second-order valence-corrected chi connectivity index (χ2v) is 4.45. The summed E-state index contributed by atoms with van der Waals surface area (Å²) >= 11 is 0. The Labute approximate surface area is 118 Å². The van der Waals surface area contributed by atoms with Gasteiger partial charge in [-0.25, -0.2) is 9.97 Å². The van der Waals surface area contributed by atoms with Gasteiger partial charge >= 0.3 is 0 Å². The molecule has 0 atom stereocenters. The van der Waals surface area contributed by atoms with Crippen molar-refractivity contribution in [1.29, 1.82) is 5.26 Å². The summed E-state index contributed by atoms with van der Waals surface area (Å²) in [5.41, 5.74) is 4.14. The molecule has 1 aromatic heterocycles. The molecule has 2 aromatic rings. The molecule has 1 heterocycles. The summed E-state index contributed by atoms with van der Waals surface area (Å²) < 4.78 is 5.36. The van der Waals surface area contributed by atoms with E-state index in [1.54, 1.807) is 19.5 Å². The van der Waals surface area contributed by atoms with Gasteiger partial charge in [-0.1, -0.05) is 0 Å². The van der Waals surface area contributed by atoms with Crippen molar-refractivity contribution < 1.29 is 4.74 Å². The van der Waals surface area contributed by atoms with Crippen LogP contribution in [0, 0.1) is 25.2 Å². The topological polar surface area (TPSA) is 70.8 Å². The minimum absolute atomic E-state index is 0.195. The van der Waals surface area contributed by atoms with Crippen molar-refractivity contribution in [2.45, 2.75) is 13.8 Å². The first kappa shape index (κ1) is 13.8. The van der Waals surface area contributed by atoms with Crippen molar-refractivity contribution in [2.24, 2.45) is 0 Å². The second-order valence-electron chi connectivity index (χ2n) is 4.45. The number of nitriles is 1. The third-order valence-corrected chi connectivity index (χ3v) is 2.98. The molecule has 20 heavy (non-hydrogen) atoms. The average Bonchev–Trinajstić information content (AvgIpc) is 2.45. The van der Waals surface area contributed by atoms with Crippen LogP contribution < -0.4 is 10.1 Å². The maximum atomic E-state index is 8.49. The molecule has 0 unspecified atom stereocenters. The third kappa shape index (κ3) is 2.86. The molecule has 0 spiro atoms. The summed E-state index contributed by atoms with van der Waals surface area (Å²) in [7, 11) is 1.67. The first-order valence-electron chi connectivity index (χ1n) is 6.24. The molecule has 5 heteroatoms. The van der Waals surface area contributed by atoms with Crippen LogP contribution in [-0.4, -0.2) is 23.6 Å². The number of nitrogens with zero attached hydrogens (tertiary/aromatic N) is 3. The number of nitrogens with one attached hydrogen (secondary N) is 1. The van der Waals surface area contributed by atoms with Crippen LogP contribution in [0.4, 0.5) is 5.95 Å². The smallest absolute Gasteiger partial charge is 0.223 e. The van der Waals surface area contributed by atoms with Crippen molar-refractivity contribution >= 4 is 5.95 Å². The van der Waals surface area contributed by atoms with E-state index < -0.39 is 0 Å². The summed E-state index contributed by atoms with van der Waals surface area (Å²) in [6.45, 7) is 4.22. The molecular formula is C15H16N4O. The van der Waals surface area contributed by atoms with Gasteiger partial charge in [0.25, 0.3) is 0 Å². The van der Waals surface area contributed by atoms with Crippen molar-refractivity contribution in [3.63, 3.8) is 0 Å². The highest BCUT2D eigenvalue weighted by Gasteiger charge is 2.07. The summed E-state index contributed by atoms with van der Waals surface area (Å²) in [4.78, 5) is 8.38. The van der Waals surface area contributed by atoms with Gasteiger partial charge in [0, 0.05) is 18.0 Å². The lowest BCUT2D eigenvalue weighted by molar-refractivity contribution is 0.408. The minimum atomic E-state index is 0.195. The Morgan fingerprint density at radius 2 is 1.75 bits per heavy atom. The van der Waals surface area contributed by atoms with Crippen LogP contribution in [0.25, 0.3) is 11.1 Å². The van der Waals surface area contributed by atoms with E-state index in [4.69, 9.17) is 10.00 Å². The lowest BCUT2D eigenvalue weighted by Crippen LogP contribution is -2.02. The summed E-state index contributed by atoms with van der Waals surface area (Å²) in [6.07, 6.45) is 3.49. The molecule has 1 N–H and O–H groups in total. The molecule has 2 rings (SSSR count). The lowest BCUT2D eigenvalue weighted by Gasteiger charge is -2.11. The van der Waals surface area contributed by atoms with Crippen LogP contribution in [-0.2, 0) is 0 Å². The number of aromatic nitrogens is 2. The molecule has 0 aliphatic rings. The van der Waals surface area contributed by atoms with E-state index in [1.807, 2.05) is 32.0 Å². The average molecular weight is 268 g/mol. The number of rotatable bonds is 4. The fourth-order valence-electron chi connectivity index (χ4n) is 2.13. The Kier molecular flexibility index (Phi) is 4.16. The van der Waals surface area contributed by atoms with Gasteiger partial charge in [0.1, 0.15) is 12.3 Å². The quantitative estimate of drug-likeness (QED) is 0.863. The predicted molar refractivity (Wildman–Crippen MR) is 77.6 cm³/mol. The molecule has 0 amide bonds. The number of aryl methyl sites for hydroxylation is 2. The van der Waals surface area contributed by atoms with Gasteiger partial charge < -0.3 is 10.1 Å². The van der Waals surface area contributed by atoms with Crippen LogP contribution >= 0.6 is 0 Å². The molecular weight excluding hydrogens is 252 g/mol. The highest BCUT2D eigenvalue weighted by Crippen LogP contribution is 2.29. The highest BCUT2D eigenvalue weighted by atomic mass is 16.5. The molecule has 0 aliphatic heterocycles. The minimum Gasteiger partial charge on any atom is -0.496 e. The summed E-state index contributed by atoms with van der Waals surface area (Å²) in [5.74, 6) is 1.36. The summed E-state index contributed by atoms with van der Waals surface area (Å²) in [5, 5.41) is 11.3. The fraction of sp³-hybridized carbons (Fsp3) is 0.267. The molecule has 0 bridgehead atoms. The Hall–Kier alpha value is -2.61. The van der Waals surface area contributed by atoms with E-state index in [9.17, 15) is 0 Å². The first-order valence-corrected chi connectivity index (χ1v) is 6.24. The fourth-order valence-corrected chi connectivity index (χ4v) is 2.13. The number of hydrogen-bond acceptors (Lipinski definition) is 5. The van der Waals surface area contributed by atoms with E-state index in [2.05, 4.69) is 15.3 Å². The lowest BCUT2D eigenvalue weighted by atomic mass is 10.0. The molecule has 0 radical (unpaired) electrons. The maximum Gasteiger partial charge on any atom is 0.223 e. The SMILES string of the molecule is COc1c(C)cc(-c2cnc(NCC#N)nc2)cc1C. The number of hydrogen-bond donors (Lipinski definition) is 1. The molecule has 0 saturated carbocycles. The molecule has 5 nitrogen and oxygen atoms in total. The Morgan fingerprint density at radius 3 is 2.25 bits per heavy atom. The Balaban J connectivity index is 2.30. The zero-order valence-corrected chi connectivity index (χ0v) is 11.8. The van der Waals surface area contributed by atoms with Crippen LogP contribution in [0.2, 0.25) is 0 Å². The van der Waals surface area contributed by atoms with Gasteiger partial charge in [-0.2, -0.15) is 5.26 Å². The van der Waals surface area contributed by atoms with E-state index in [0.717, 1.165) is 28.0 Å². The summed E-state index contributed by atoms with van der Waals surface area (Å²) in [6, 6.07) is 6.08. The van der Waals surface area contributed by atoms with E-state index in [-0.39, 0.29) is 6.54 Å². The number of ether oxygens (including phenoxy) is 1. The van der Waals surface area contributed by atoms with E-state index >= 15 is 0 Å². The van der Waals surface area contributed by atoms with Crippen LogP contribution in [0.5, 0.6) is 5.75 Å². The normalized spacial score (nSPS) is 9.90. The van der Waals surface area contributed by atoms with Crippen molar-refractivity contribution in [3.05, 3.63) is 35.7 Å².